The van der Waals surface area contributed by atoms with Gasteiger partial charge in [-0.05, 0) is 61.2 Å². The molecule has 32 heavy (non-hydrogen) atoms. The van der Waals surface area contributed by atoms with Gasteiger partial charge in [0, 0.05) is 30.8 Å². The molecule has 4 aromatic rings. The number of fused-ring (bicyclic) bond motifs is 1. The summed E-state index contributed by atoms with van der Waals surface area (Å²) in [7, 11) is 0. The monoisotopic (exact) mass is 435 g/mol. The Kier molecular flexibility index (Phi) is 5.66. The van der Waals surface area contributed by atoms with Crippen molar-refractivity contribution in [2.75, 3.05) is 24.6 Å². The molecule has 8 heteroatoms. The summed E-state index contributed by atoms with van der Waals surface area (Å²) in [5.41, 5.74) is 3.37. The molecule has 0 spiro atoms. The normalized spacial score (nSPS) is 14.1. The van der Waals surface area contributed by atoms with E-state index in [1.165, 1.54) is 31.0 Å². The summed E-state index contributed by atoms with van der Waals surface area (Å²) in [6.07, 6.45) is 7.42. The number of piperidine rings is 1. The van der Waals surface area contributed by atoms with Gasteiger partial charge < -0.3 is 9.64 Å². The highest BCUT2D eigenvalue weighted by atomic mass is 19.2. The lowest BCUT2D eigenvalue weighted by Gasteiger charge is -2.28. The summed E-state index contributed by atoms with van der Waals surface area (Å²) in [6.45, 7) is 2.46. The molecule has 2 aromatic carbocycles. The van der Waals surface area contributed by atoms with Crippen LogP contribution in [0.15, 0.2) is 54.9 Å². The highest BCUT2D eigenvalue weighted by Crippen LogP contribution is 2.27. The number of aromatic nitrogens is 4. The Balaban J connectivity index is 1.36. The van der Waals surface area contributed by atoms with Crippen LogP contribution in [0.4, 0.5) is 14.5 Å². The highest BCUT2D eigenvalue weighted by molar-refractivity contribution is 5.64. The van der Waals surface area contributed by atoms with Crippen molar-refractivity contribution in [3.63, 3.8) is 0 Å². The molecule has 0 radical (unpaired) electrons. The van der Waals surface area contributed by atoms with Gasteiger partial charge in [-0.15, -0.1) is 10.2 Å². The smallest absolute Gasteiger partial charge is 0.220 e. The first-order valence-corrected chi connectivity index (χ1v) is 10.8. The maximum Gasteiger partial charge on any atom is 0.220 e. The van der Waals surface area contributed by atoms with E-state index in [1.807, 2.05) is 16.5 Å². The molecule has 1 aliphatic heterocycles. The first-order valence-electron chi connectivity index (χ1n) is 10.8. The standard InChI is InChI=1S/C24H23F2N5O/c25-20-9-4-17(14-21(20)26)10-13-32-23-16-27-15-22-28-29-24(31(22)23)18-5-7-19(8-6-18)30-11-2-1-3-12-30/h4-9,14-16H,1-3,10-13H2. The summed E-state index contributed by atoms with van der Waals surface area (Å²) in [5.74, 6) is -0.565. The van der Waals surface area contributed by atoms with Crippen molar-refractivity contribution in [1.82, 2.24) is 19.6 Å². The minimum atomic E-state index is -0.861. The molecule has 1 aliphatic rings. The third kappa shape index (κ3) is 4.12. The van der Waals surface area contributed by atoms with E-state index < -0.39 is 11.6 Å². The Morgan fingerprint density at radius 3 is 2.47 bits per heavy atom. The van der Waals surface area contributed by atoms with Gasteiger partial charge in [0.15, 0.2) is 23.1 Å². The molecule has 164 valence electrons. The molecule has 3 heterocycles. The molecule has 0 aliphatic carbocycles. The van der Waals surface area contributed by atoms with Gasteiger partial charge in [0.25, 0.3) is 0 Å². The van der Waals surface area contributed by atoms with Crippen LogP contribution >= 0.6 is 0 Å². The third-order valence-electron chi connectivity index (χ3n) is 5.75. The number of ether oxygens (including phenoxy) is 1. The van der Waals surface area contributed by atoms with E-state index in [1.54, 1.807) is 18.5 Å². The third-order valence-corrected chi connectivity index (χ3v) is 5.75. The van der Waals surface area contributed by atoms with Gasteiger partial charge in [-0.25, -0.2) is 13.2 Å². The number of rotatable bonds is 6. The SMILES string of the molecule is Fc1ccc(CCOc2cncc3nnc(-c4ccc(N5CCCCC5)cc4)n23)cc1F. The van der Waals surface area contributed by atoms with Gasteiger partial charge in [0.2, 0.25) is 5.88 Å². The van der Waals surface area contributed by atoms with Crippen LogP contribution < -0.4 is 9.64 Å². The largest absolute Gasteiger partial charge is 0.477 e. The Labute approximate surface area is 184 Å². The van der Waals surface area contributed by atoms with Gasteiger partial charge in [0.05, 0.1) is 19.0 Å². The van der Waals surface area contributed by atoms with Crippen molar-refractivity contribution < 1.29 is 13.5 Å². The molecule has 0 atom stereocenters. The van der Waals surface area contributed by atoms with Gasteiger partial charge in [-0.2, -0.15) is 0 Å². The van der Waals surface area contributed by atoms with Crippen LogP contribution in [0, 0.1) is 11.6 Å². The molecule has 0 unspecified atom stereocenters. The summed E-state index contributed by atoms with van der Waals surface area (Å²) >= 11 is 0. The van der Waals surface area contributed by atoms with Crippen molar-refractivity contribution in [2.45, 2.75) is 25.7 Å². The number of hydrogen-bond acceptors (Lipinski definition) is 5. The predicted octanol–water partition coefficient (Wildman–Crippen LogP) is 4.68. The Morgan fingerprint density at radius 2 is 1.69 bits per heavy atom. The van der Waals surface area contributed by atoms with Gasteiger partial charge in [0.1, 0.15) is 0 Å². The van der Waals surface area contributed by atoms with Crippen molar-refractivity contribution in [1.29, 1.82) is 0 Å². The van der Waals surface area contributed by atoms with Crippen molar-refractivity contribution >= 4 is 11.3 Å². The van der Waals surface area contributed by atoms with Crippen LogP contribution in [0.5, 0.6) is 5.88 Å². The van der Waals surface area contributed by atoms with Gasteiger partial charge in [-0.3, -0.25) is 4.98 Å². The van der Waals surface area contributed by atoms with Crippen molar-refractivity contribution in [3.8, 4) is 17.3 Å². The second kappa shape index (κ2) is 8.90. The lowest BCUT2D eigenvalue weighted by Crippen LogP contribution is -2.29. The van der Waals surface area contributed by atoms with Crippen molar-refractivity contribution in [3.05, 3.63) is 72.1 Å². The molecule has 0 amide bonds. The zero-order chi connectivity index (χ0) is 21.9. The maximum atomic E-state index is 13.4. The van der Waals surface area contributed by atoms with E-state index in [-0.39, 0.29) is 6.61 Å². The summed E-state index contributed by atoms with van der Waals surface area (Å²) in [6, 6.07) is 12.2. The molecule has 6 nitrogen and oxygen atoms in total. The lowest BCUT2D eigenvalue weighted by molar-refractivity contribution is 0.304. The van der Waals surface area contributed by atoms with Crippen LogP contribution in [0.25, 0.3) is 17.0 Å². The first-order chi connectivity index (χ1) is 15.7. The minimum Gasteiger partial charge on any atom is -0.477 e. The average molecular weight is 435 g/mol. The van der Waals surface area contributed by atoms with E-state index in [0.717, 1.165) is 24.7 Å². The lowest BCUT2D eigenvalue weighted by atomic mass is 10.1. The van der Waals surface area contributed by atoms with Crippen molar-refractivity contribution in [2.24, 2.45) is 0 Å². The zero-order valence-corrected chi connectivity index (χ0v) is 17.5. The molecule has 0 saturated carbocycles. The molecule has 1 saturated heterocycles. The van der Waals surface area contributed by atoms with E-state index >= 15 is 0 Å². The topological polar surface area (TPSA) is 55.6 Å². The van der Waals surface area contributed by atoms with E-state index in [9.17, 15) is 8.78 Å². The molecular weight excluding hydrogens is 412 g/mol. The predicted molar refractivity (Wildman–Crippen MR) is 118 cm³/mol. The van der Waals surface area contributed by atoms with Gasteiger partial charge in [-0.1, -0.05) is 6.07 Å². The molecule has 0 bridgehead atoms. The Morgan fingerprint density at radius 1 is 0.875 bits per heavy atom. The fourth-order valence-corrected chi connectivity index (χ4v) is 4.05. The molecule has 5 rings (SSSR count). The number of nitrogens with zero attached hydrogens (tertiary/aromatic N) is 5. The number of hydrogen-bond donors (Lipinski definition) is 0. The molecular formula is C24H23F2N5O. The number of halogens is 2. The quantitative estimate of drug-likeness (QED) is 0.440. The summed E-state index contributed by atoms with van der Waals surface area (Å²) < 4.78 is 34.3. The minimum absolute atomic E-state index is 0.275. The van der Waals surface area contributed by atoms with Gasteiger partial charge >= 0.3 is 0 Å². The number of benzene rings is 2. The van der Waals surface area contributed by atoms with Crippen LogP contribution in [0.2, 0.25) is 0 Å². The average Bonchev–Trinajstić information content (AvgIpc) is 3.27. The van der Waals surface area contributed by atoms with Crippen LogP contribution in [0.3, 0.4) is 0 Å². The first kappa shape index (κ1) is 20.4. The number of anilines is 1. The second-order valence-corrected chi connectivity index (χ2v) is 7.90. The van der Waals surface area contributed by atoms with E-state index in [4.69, 9.17) is 4.74 Å². The van der Waals surface area contributed by atoms with E-state index in [2.05, 4.69) is 32.2 Å². The molecule has 0 N–H and O–H groups in total. The Bertz CT molecular complexity index is 1220. The Hall–Kier alpha value is -3.55. The fourth-order valence-electron chi connectivity index (χ4n) is 4.05. The summed E-state index contributed by atoms with van der Waals surface area (Å²) in [4.78, 5) is 6.59. The van der Waals surface area contributed by atoms with Crippen LogP contribution in [-0.4, -0.2) is 39.3 Å². The maximum absolute atomic E-state index is 13.4. The van der Waals surface area contributed by atoms with Crippen LogP contribution in [-0.2, 0) is 6.42 Å². The van der Waals surface area contributed by atoms with E-state index in [0.29, 0.717) is 29.3 Å². The fraction of sp³-hybridized carbons (Fsp3) is 0.292. The second-order valence-electron chi connectivity index (χ2n) is 7.90. The highest BCUT2D eigenvalue weighted by Gasteiger charge is 2.15. The zero-order valence-electron chi connectivity index (χ0n) is 17.5. The molecule has 2 aromatic heterocycles. The summed E-state index contributed by atoms with van der Waals surface area (Å²) in [5, 5.41) is 8.57. The van der Waals surface area contributed by atoms with Crippen LogP contribution in [0.1, 0.15) is 24.8 Å². The molecule has 1 fully saturated rings.